The first-order valence-electron chi connectivity index (χ1n) is 9.44. The minimum atomic E-state index is -0.648. The molecule has 1 fully saturated rings. The van der Waals surface area contributed by atoms with Crippen molar-refractivity contribution in [3.05, 3.63) is 59.8 Å². The number of anilines is 1. The molecule has 1 saturated heterocycles. The quantitative estimate of drug-likeness (QED) is 0.249. The lowest BCUT2D eigenvalue weighted by Crippen LogP contribution is -2.38. The van der Waals surface area contributed by atoms with Crippen LogP contribution in [-0.4, -0.2) is 60.8 Å². The summed E-state index contributed by atoms with van der Waals surface area (Å²) in [5, 5.41) is 15.9. The summed E-state index contributed by atoms with van der Waals surface area (Å²) in [5.41, 5.74) is 1.49. The maximum absolute atomic E-state index is 11.9. The molecule has 1 amide bonds. The lowest BCUT2D eigenvalue weighted by molar-refractivity contribution is 0.0240. The van der Waals surface area contributed by atoms with E-state index in [-0.39, 0.29) is 37.7 Å². The van der Waals surface area contributed by atoms with Gasteiger partial charge in [0, 0.05) is 12.6 Å². The van der Waals surface area contributed by atoms with E-state index in [0.29, 0.717) is 23.7 Å². The van der Waals surface area contributed by atoms with E-state index in [0.717, 1.165) is 5.01 Å². The molecule has 1 unspecified atom stereocenters. The molecule has 0 saturated carbocycles. The molecule has 1 aromatic carbocycles. The number of nitrogens with two attached hydrogens (primary N) is 1. The zero-order valence-corrected chi connectivity index (χ0v) is 17.0. The average molecular weight is 428 g/mol. The van der Waals surface area contributed by atoms with Crippen LogP contribution in [0.1, 0.15) is 11.3 Å². The first kappa shape index (κ1) is 22.2. The number of hydrogen-bond acceptors (Lipinski definition) is 9. The minimum absolute atomic E-state index is 0.00559. The molecule has 31 heavy (non-hydrogen) atoms. The van der Waals surface area contributed by atoms with E-state index >= 15 is 0 Å². The van der Waals surface area contributed by atoms with Crippen LogP contribution in [0.2, 0.25) is 0 Å². The van der Waals surface area contributed by atoms with Gasteiger partial charge in [-0.1, -0.05) is 41.6 Å². The first-order chi connectivity index (χ1) is 15.0. The molecule has 11 heteroatoms. The van der Waals surface area contributed by atoms with Crippen LogP contribution in [0.5, 0.6) is 0 Å². The summed E-state index contributed by atoms with van der Waals surface area (Å²) in [7, 11) is 1.54. The van der Waals surface area contributed by atoms with Gasteiger partial charge in [0.2, 0.25) is 0 Å². The fourth-order valence-electron chi connectivity index (χ4n) is 2.57. The summed E-state index contributed by atoms with van der Waals surface area (Å²) in [6, 6.07) is 14.2. The highest BCUT2D eigenvalue weighted by atomic mass is 16.7. The van der Waals surface area contributed by atoms with Gasteiger partial charge in [0.05, 0.1) is 12.3 Å². The Bertz CT molecular complexity index is 915. The number of hydrazine groups is 1. The predicted octanol–water partition coefficient (Wildman–Crippen LogP) is 1.71. The van der Waals surface area contributed by atoms with Crippen LogP contribution < -0.4 is 11.2 Å². The Morgan fingerprint density at radius 1 is 1.32 bits per heavy atom. The van der Waals surface area contributed by atoms with Crippen molar-refractivity contribution >= 4 is 23.5 Å². The number of aromatic nitrogens is 1. The molecule has 0 aliphatic carbocycles. The molecule has 2 aromatic rings. The largest absolute Gasteiger partial charge is 0.446 e. The van der Waals surface area contributed by atoms with Gasteiger partial charge >= 0.3 is 6.09 Å². The van der Waals surface area contributed by atoms with Gasteiger partial charge in [0.1, 0.15) is 25.3 Å². The van der Waals surface area contributed by atoms with E-state index < -0.39 is 6.09 Å². The van der Waals surface area contributed by atoms with Gasteiger partial charge in [0.25, 0.3) is 0 Å². The lowest BCUT2D eigenvalue weighted by Gasteiger charge is -2.15. The molecule has 0 bridgehead atoms. The van der Waals surface area contributed by atoms with E-state index in [9.17, 15) is 4.79 Å². The number of benzene rings is 1. The summed E-state index contributed by atoms with van der Waals surface area (Å²) < 4.78 is 15.3. The predicted molar refractivity (Wildman–Crippen MR) is 112 cm³/mol. The number of carbonyl (C=O) groups excluding carboxylic acids is 1. The summed E-state index contributed by atoms with van der Waals surface area (Å²) in [6.07, 6.45) is -0.911. The van der Waals surface area contributed by atoms with Crippen LogP contribution in [0.25, 0.3) is 0 Å². The van der Waals surface area contributed by atoms with Gasteiger partial charge in [-0.15, -0.1) is 0 Å². The third-order valence-electron chi connectivity index (χ3n) is 4.12. The van der Waals surface area contributed by atoms with Crippen LogP contribution in [0.4, 0.5) is 10.6 Å². The van der Waals surface area contributed by atoms with Crippen molar-refractivity contribution in [1.82, 2.24) is 9.99 Å². The average Bonchev–Trinajstić information content (AvgIpc) is 3.29. The number of nitrogens with one attached hydrogen (secondary N) is 2. The Balaban J connectivity index is 1.58. The van der Waals surface area contributed by atoms with Crippen LogP contribution >= 0.6 is 0 Å². The van der Waals surface area contributed by atoms with Crippen LogP contribution in [0.3, 0.4) is 0 Å². The monoisotopic (exact) mass is 428 g/mol. The van der Waals surface area contributed by atoms with Crippen molar-refractivity contribution in [2.75, 3.05) is 32.4 Å². The SMILES string of the molecule is CN(N)C(=N)/C(=N\OCc1cccc(NC(=O)OCC2COCO2)n1)c1ccccc1. The molecule has 0 spiro atoms. The van der Waals surface area contributed by atoms with Crippen molar-refractivity contribution in [3.8, 4) is 0 Å². The molecule has 4 N–H and O–H groups in total. The number of amidine groups is 1. The number of hydrogen-bond donors (Lipinski definition) is 3. The highest BCUT2D eigenvalue weighted by Crippen LogP contribution is 2.09. The van der Waals surface area contributed by atoms with Crippen molar-refractivity contribution in [3.63, 3.8) is 0 Å². The van der Waals surface area contributed by atoms with Gasteiger partial charge in [-0.3, -0.25) is 15.7 Å². The lowest BCUT2D eigenvalue weighted by atomic mass is 10.1. The second-order valence-electron chi connectivity index (χ2n) is 6.55. The molecule has 1 aromatic heterocycles. The van der Waals surface area contributed by atoms with Crippen molar-refractivity contribution in [1.29, 1.82) is 5.41 Å². The van der Waals surface area contributed by atoms with E-state index in [4.69, 9.17) is 30.3 Å². The van der Waals surface area contributed by atoms with Gasteiger partial charge in [-0.05, 0) is 12.1 Å². The normalized spacial score (nSPS) is 15.9. The molecular formula is C20H24N6O5. The van der Waals surface area contributed by atoms with Crippen molar-refractivity contribution < 1.29 is 23.8 Å². The van der Waals surface area contributed by atoms with Crippen LogP contribution in [0.15, 0.2) is 53.7 Å². The summed E-state index contributed by atoms with van der Waals surface area (Å²) in [4.78, 5) is 21.6. The molecular weight excluding hydrogens is 404 g/mol. The Kier molecular flexibility index (Phi) is 7.87. The number of pyridine rings is 1. The molecule has 164 valence electrons. The Morgan fingerprint density at radius 2 is 2.13 bits per heavy atom. The van der Waals surface area contributed by atoms with E-state index in [1.807, 2.05) is 18.2 Å². The number of carbonyl (C=O) groups is 1. The Morgan fingerprint density at radius 3 is 2.84 bits per heavy atom. The van der Waals surface area contributed by atoms with Crippen molar-refractivity contribution in [2.24, 2.45) is 11.0 Å². The molecule has 0 radical (unpaired) electrons. The number of amides is 1. The van der Waals surface area contributed by atoms with Gasteiger partial charge in [-0.25, -0.2) is 15.6 Å². The number of nitrogens with zero attached hydrogens (tertiary/aromatic N) is 3. The molecule has 2 heterocycles. The summed E-state index contributed by atoms with van der Waals surface area (Å²) in [6.45, 7) is 0.707. The second kappa shape index (κ2) is 11.0. The molecule has 3 rings (SSSR count). The van der Waals surface area contributed by atoms with Gasteiger partial charge in [-0.2, -0.15) is 0 Å². The maximum Gasteiger partial charge on any atom is 0.412 e. The van der Waals surface area contributed by atoms with E-state index in [1.54, 1.807) is 37.4 Å². The van der Waals surface area contributed by atoms with E-state index in [1.165, 1.54) is 0 Å². The fourth-order valence-corrected chi connectivity index (χ4v) is 2.57. The fraction of sp³-hybridized carbons (Fsp3) is 0.300. The standard InChI is InChI=1S/C20H24N6O5/c1-26(22)19(21)18(14-6-3-2-4-7-14)25-31-10-15-8-5-9-17(23-15)24-20(27)29-12-16-11-28-13-30-16/h2-9,16,21H,10-13,22H2,1H3,(H,23,24,27)/b21-19?,25-18-. The Hall–Kier alpha value is -3.54. The zero-order chi connectivity index (χ0) is 22.1. The van der Waals surface area contributed by atoms with E-state index in [2.05, 4.69) is 15.5 Å². The third-order valence-corrected chi connectivity index (χ3v) is 4.12. The van der Waals surface area contributed by atoms with Gasteiger partial charge in [0.15, 0.2) is 18.2 Å². The maximum atomic E-state index is 11.9. The number of likely N-dealkylation sites (N-methyl/N-ethyl adjacent to an activating group) is 1. The van der Waals surface area contributed by atoms with Crippen LogP contribution in [0, 0.1) is 5.41 Å². The van der Waals surface area contributed by atoms with Gasteiger partial charge < -0.3 is 19.0 Å². The van der Waals surface area contributed by atoms with Crippen LogP contribution in [-0.2, 0) is 25.7 Å². The molecule has 11 nitrogen and oxygen atoms in total. The topological polar surface area (TPSA) is 144 Å². The zero-order valence-electron chi connectivity index (χ0n) is 17.0. The molecule has 1 aliphatic heterocycles. The number of ether oxygens (including phenoxy) is 3. The van der Waals surface area contributed by atoms with Crippen molar-refractivity contribution in [2.45, 2.75) is 12.7 Å². The molecule has 1 aliphatic rings. The first-order valence-corrected chi connectivity index (χ1v) is 9.44. The second-order valence-corrected chi connectivity index (χ2v) is 6.55. The number of oxime groups is 1. The summed E-state index contributed by atoms with van der Waals surface area (Å²) >= 11 is 0. The molecule has 1 atom stereocenters. The highest BCUT2D eigenvalue weighted by molar-refractivity contribution is 6.46. The third kappa shape index (κ3) is 6.74. The Labute approximate surface area is 179 Å². The highest BCUT2D eigenvalue weighted by Gasteiger charge is 2.18. The summed E-state index contributed by atoms with van der Waals surface area (Å²) in [5.74, 6) is 5.98. The number of rotatable bonds is 8. The smallest absolute Gasteiger partial charge is 0.412 e. The minimum Gasteiger partial charge on any atom is -0.446 e.